The van der Waals surface area contributed by atoms with Crippen molar-refractivity contribution >= 4 is 29.9 Å². The molecule has 4 rings (SSSR count). The molecule has 2 aliphatic carbocycles. The first kappa shape index (κ1) is 18.7. The number of ether oxygens (including phenoxy) is 1. The third-order valence-electron chi connectivity index (χ3n) is 7.77. The van der Waals surface area contributed by atoms with E-state index in [2.05, 4.69) is 44.8 Å². The summed E-state index contributed by atoms with van der Waals surface area (Å²) in [4.78, 5) is 7.35. The Morgan fingerprint density at radius 1 is 1.25 bits per heavy atom. The third-order valence-corrected chi connectivity index (χ3v) is 7.77. The highest BCUT2D eigenvalue weighted by molar-refractivity contribution is 14.0. The van der Waals surface area contributed by atoms with Crippen molar-refractivity contribution in [2.75, 3.05) is 19.7 Å². The van der Waals surface area contributed by atoms with Crippen molar-refractivity contribution in [3.05, 3.63) is 0 Å². The number of rotatable bonds is 2. The Bertz CT molecular complexity index is 527. The molecular formula is C19H34IN3O. The second kappa shape index (κ2) is 6.00. The lowest BCUT2D eigenvalue weighted by Crippen LogP contribution is -2.77. The number of likely N-dealkylation sites (tertiary alicyclic amines) is 1. The number of nitrogens with zero attached hydrogens (tertiary/aromatic N) is 2. The topological polar surface area (TPSA) is 36.9 Å². The first-order chi connectivity index (χ1) is 10.8. The van der Waals surface area contributed by atoms with E-state index in [0.29, 0.717) is 28.9 Å². The minimum absolute atomic E-state index is 0. The average Bonchev–Trinajstić information content (AvgIpc) is 2.84. The number of guanidine groups is 1. The van der Waals surface area contributed by atoms with E-state index >= 15 is 0 Å². The number of hydrogen-bond donors (Lipinski definition) is 1. The maximum atomic E-state index is 6.06. The average molecular weight is 447 g/mol. The van der Waals surface area contributed by atoms with Gasteiger partial charge in [-0.1, -0.05) is 20.3 Å². The minimum atomic E-state index is 0. The van der Waals surface area contributed by atoms with Gasteiger partial charge in [-0.25, -0.2) is 0 Å². The van der Waals surface area contributed by atoms with Crippen molar-refractivity contribution < 1.29 is 4.74 Å². The van der Waals surface area contributed by atoms with E-state index in [-0.39, 0.29) is 29.5 Å². The zero-order chi connectivity index (χ0) is 16.5. The Morgan fingerprint density at radius 2 is 1.96 bits per heavy atom. The summed E-state index contributed by atoms with van der Waals surface area (Å²) in [6.07, 6.45) is 5.78. The molecule has 3 unspecified atom stereocenters. The molecular weight excluding hydrogens is 413 g/mol. The van der Waals surface area contributed by atoms with Crippen molar-refractivity contribution in [1.82, 2.24) is 10.2 Å². The second-order valence-corrected chi connectivity index (χ2v) is 9.28. The van der Waals surface area contributed by atoms with Gasteiger partial charge in [0.05, 0.1) is 6.10 Å². The summed E-state index contributed by atoms with van der Waals surface area (Å²) in [5.74, 6) is 1.84. The molecule has 1 spiro atoms. The molecule has 24 heavy (non-hydrogen) atoms. The molecule has 2 saturated heterocycles. The van der Waals surface area contributed by atoms with Crippen LogP contribution in [0.3, 0.4) is 0 Å². The molecule has 0 aromatic heterocycles. The van der Waals surface area contributed by atoms with Gasteiger partial charge < -0.3 is 15.0 Å². The van der Waals surface area contributed by atoms with Crippen LogP contribution in [0.2, 0.25) is 0 Å². The van der Waals surface area contributed by atoms with Crippen LogP contribution in [0.25, 0.3) is 0 Å². The van der Waals surface area contributed by atoms with E-state index in [0.717, 1.165) is 25.7 Å². The minimum Gasteiger partial charge on any atom is -0.377 e. The van der Waals surface area contributed by atoms with Gasteiger partial charge in [-0.15, -0.1) is 24.0 Å². The summed E-state index contributed by atoms with van der Waals surface area (Å²) in [5, 5.41) is 3.91. The summed E-state index contributed by atoms with van der Waals surface area (Å²) >= 11 is 0. The van der Waals surface area contributed by atoms with Crippen LogP contribution in [0.1, 0.15) is 60.3 Å². The van der Waals surface area contributed by atoms with E-state index in [9.17, 15) is 0 Å². The highest BCUT2D eigenvalue weighted by atomic mass is 127. The Labute approximate surface area is 164 Å². The predicted molar refractivity (Wildman–Crippen MR) is 109 cm³/mol. The summed E-state index contributed by atoms with van der Waals surface area (Å²) < 4.78 is 6.06. The monoisotopic (exact) mass is 447 g/mol. The summed E-state index contributed by atoms with van der Waals surface area (Å²) in [7, 11) is 0. The molecule has 0 amide bonds. The van der Waals surface area contributed by atoms with Gasteiger partial charge in [0.2, 0.25) is 0 Å². The molecule has 2 aliphatic heterocycles. The molecule has 2 heterocycles. The van der Waals surface area contributed by atoms with Crippen LogP contribution in [0, 0.1) is 16.7 Å². The van der Waals surface area contributed by atoms with Crippen molar-refractivity contribution in [3.8, 4) is 0 Å². The molecule has 4 nitrogen and oxygen atoms in total. The smallest absolute Gasteiger partial charge is 0.194 e. The van der Waals surface area contributed by atoms with Gasteiger partial charge in [0.15, 0.2) is 5.96 Å². The van der Waals surface area contributed by atoms with Gasteiger partial charge >= 0.3 is 0 Å². The summed E-state index contributed by atoms with van der Waals surface area (Å²) in [6, 6.07) is 0.577. The van der Waals surface area contributed by atoms with Crippen LogP contribution in [0.5, 0.6) is 0 Å². The fourth-order valence-electron chi connectivity index (χ4n) is 5.35. The van der Waals surface area contributed by atoms with E-state index in [1.165, 1.54) is 25.7 Å². The Balaban J connectivity index is 0.00000169. The number of fused-ring (bicyclic) bond motifs is 2. The zero-order valence-corrected chi connectivity index (χ0v) is 18.2. The van der Waals surface area contributed by atoms with Crippen LogP contribution in [-0.4, -0.2) is 48.2 Å². The standard InChI is InChI=1S/C19H33N3O.HI/c1-6-20-16(22-12-17(2,3)18(22,4)5)21-14-13-8-11-23-15(13)19(14)9-7-10-19;/h13-15H,6-12H2,1-5H3,(H,20,21);1H. The molecule has 138 valence electrons. The van der Waals surface area contributed by atoms with Gasteiger partial charge in [-0.3, -0.25) is 4.99 Å². The number of aliphatic imine (C=N–C) groups is 1. The molecule has 4 aliphatic rings. The van der Waals surface area contributed by atoms with Gasteiger partial charge in [0, 0.05) is 48.0 Å². The summed E-state index contributed by atoms with van der Waals surface area (Å²) in [5.41, 5.74) is 0.923. The number of hydrogen-bond acceptors (Lipinski definition) is 2. The SMILES string of the molecule is CCN=C(NC1C2CCOC2C12CCC2)N1CC(C)(C)C1(C)C.I. The highest BCUT2D eigenvalue weighted by Gasteiger charge is 2.67. The molecule has 0 aromatic rings. The van der Waals surface area contributed by atoms with Crippen LogP contribution >= 0.6 is 24.0 Å². The Kier molecular flexibility index (Phi) is 4.69. The highest BCUT2D eigenvalue weighted by Crippen LogP contribution is 2.63. The first-order valence-corrected chi connectivity index (χ1v) is 9.54. The lowest BCUT2D eigenvalue weighted by atomic mass is 9.46. The van der Waals surface area contributed by atoms with E-state index in [4.69, 9.17) is 9.73 Å². The van der Waals surface area contributed by atoms with Crippen LogP contribution < -0.4 is 5.32 Å². The Morgan fingerprint density at radius 3 is 2.46 bits per heavy atom. The molecule has 1 N–H and O–H groups in total. The second-order valence-electron chi connectivity index (χ2n) is 9.28. The van der Waals surface area contributed by atoms with Gasteiger partial charge in [-0.05, 0) is 40.0 Å². The maximum absolute atomic E-state index is 6.06. The van der Waals surface area contributed by atoms with E-state index in [1.54, 1.807) is 0 Å². The van der Waals surface area contributed by atoms with Crippen LogP contribution in [0.4, 0.5) is 0 Å². The molecule has 2 saturated carbocycles. The molecule has 4 fully saturated rings. The molecule has 5 heteroatoms. The quantitative estimate of drug-likeness (QED) is 0.399. The predicted octanol–water partition coefficient (Wildman–Crippen LogP) is 3.65. The van der Waals surface area contributed by atoms with Crippen LogP contribution in [-0.2, 0) is 4.74 Å². The largest absolute Gasteiger partial charge is 0.377 e. The lowest BCUT2D eigenvalue weighted by molar-refractivity contribution is -0.173. The zero-order valence-electron chi connectivity index (χ0n) is 15.9. The van der Waals surface area contributed by atoms with Crippen molar-refractivity contribution in [3.63, 3.8) is 0 Å². The van der Waals surface area contributed by atoms with Crippen molar-refractivity contribution in [1.29, 1.82) is 0 Å². The number of nitrogens with one attached hydrogen (secondary N) is 1. The Hall–Kier alpha value is -0.0400. The van der Waals surface area contributed by atoms with Crippen LogP contribution in [0.15, 0.2) is 4.99 Å². The third kappa shape index (κ3) is 2.29. The molecule has 0 radical (unpaired) electrons. The fourth-order valence-corrected chi connectivity index (χ4v) is 5.35. The molecule has 0 aromatic carbocycles. The summed E-state index contributed by atoms with van der Waals surface area (Å²) in [6.45, 7) is 14.5. The van der Waals surface area contributed by atoms with Crippen molar-refractivity contribution in [2.45, 2.75) is 78.0 Å². The van der Waals surface area contributed by atoms with Crippen molar-refractivity contribution in [2.24, 2.45) is 21.7 Å². The van der Waals surface area contributed by atoms with E-state index < -0.39 is 0 Å². The first-order valence-electron chi connectivity index (χ1n) is 9.54. The van der Waals surface area contributed by atoms with E-state index in [1.807, 2.05) is 0 Å². The van der Waals surface area contributed by atoms with Gasteiger partial charge in [0.1, 0.15) is 0 Å². The molecule has 3 atom stereocenters. The van der Waals surface area contributed by atoms with Gasteiger partial charge in [-0.2, -0.15) is 0 Å². The fraction of sp³-hybridized carbons (Fsp3) is 0.947. The maximum Gasteiger partial charge on any atom is 0.194 e. The molecule has 0 bridgehead atoms. The normalized spacial score (nSPS) is 37.6. The number of halogens is 1. The van der Waals surface area contributed by atoms with Gasteiger partial charge in [0.25, 0.3) is 0 Å². The lowest BCUT2D eigenvalue weighted by Gasteiger charge is -2.66.